The Labute approximate surface area is 489 Å². The Balaban J connectivity index is 0.904. The normalized spacial score (nSPS) is 13.0. The molecule has 2 heterocycles. The summed E-state index contributed by atoms with van der Waals surface area (Å²) in [6, 6.07) is 88.2. The summed E-state index contributed by atoms with van der Waals surface area (Å²) >= 11 is 0. The highest BCUT2D eigenvalue weighted by atomic mass is 16.5. The van der Waals surface area contributed by atoms with Crippen molar-refractivity contribution < 1.29 is 4.74 Å². The molecule has 2 N–H and O–H groups in total. The molecule has 0 spiro atoms. The molecule has 0 saturated heterocycles. The molecule has 0 amide bonds. The van der Waals surface area contributed by atoms with Gasteiger partial charge in [0.15, 0.2) is 0 Å². The predicted octanol–water partition coefficient (Wildman–Crippen LogP) is 21.0. The molecule has 0 aliphatic heterocycles. The van der Waals surface area contributed by atoms with Crippen LogP contribution in [0.2, 0.25) is 0 Å². The molecule has 2 aromatic heterocycles. The van der Waals surface area contributed by atoms with E-state index in [1.807, 2.05) is 18.3 Å². The molecule has 12 aromatic rings. The van der Waals surface area contributed by atoms with Crippen molar-refractivity contribution in [3.8, 4) is 50.7 Å². The Bertz CT molecular complexity index is 4340. The molecule has 13 rings (SSSR count). The van der Waals surface area contributed by atoms with Gasteiger partial charge in [-0.15, -0.1) is 0 Å². The van der Waals surface area contributed by atoms with Crippen LogP contribution in [0.25, 0.3) is 61.0 Å². The molecule has 0 atom stereocenters. The number of anilines is 4. The van der Waals surface area contributed by atoms with Crippen LogP contribution in [0, 0.1) is 0 Å². The molecule has 10 aromatic carbocycles. The van der Waals surface area contributed by atoms with Gasteiger partial charge in [-0.2, -0.15) is 0 Å². The van der Waals surface area contributed by atoms with Gasteiger partial charge in [0, 0.05) is 45.9 Å². The highest BCUT2D eigenvalue weighted by Gasteiger charge is 2.46. The van der Waals surface area contributed by atoms with Crippen LogP contribution in [0.1, 0.15) is 101 Å². The van der Waals surface area contributed by atoms with E-state index in [4.69, 9.17) is 9.72 Å². The third-order valence-electron chi connectivity index (χ3n) is 16.8. The molecule has 0 fully saturated rings. The number of hydrogen-bond donors (Lipinski definition) is 2. The summed E-state index contributed by atoms with van der Waals surface area (Å²) < 4.78 is 9.04. The van der Waals surface area contributed by atoms with E-state index in [0.29, 0.717) is 0 Å². The molecule has 0 radical (unpaired) electrons. The summed E-state index contributed by atoms with van der Waals surface area (Å²) in [7, 11) is 0. The van der Waals surface area contributed by atoms with E-state index >= 15 is 0 Å². The standard InChI is InChI=1S/C78H70N4O/c1-75(2,3)55-42-43-79-73(48-55)82-71-37-21-17-31-64(71)65-40-39-60(50-72(65)82)83-59-29-22-28-58(49-59)80-69-35-19-20-36-70(69)81-74-61(32-23-33-62(74)52-44-56(76(4,5)6)47-57(45-52)77(7,8)9)51-38-41-68-66(46-51)63-30-16-18-34-67(63)78(68,53-24-12-10-13-25-53)54-26-14-11-15-27-54/h10-50,80-81H,1-9H3. The van der Waals surface area contributed by atoms with Crippen molar-refractivity contribution in [3.63, 3.8) is 0 Å². The van der Waals surface area contributed by atoms with Gasteiger partial charge in [0.25, 0.3) is 0 Å². The largest absolute Gasteiger partial charge is 0.457 e. The Hall–Kier alpha value is -9.45. The van der Waals surface area contributed by atoms with Crippen LogP contribution >= 0.6 is 0 Å². The monoisotopic (exact) mass is 1080 g/mol. The minimum Gasteiger partial charge on any atom is -0.457 e. The van der Waals surface area contributed by atoms with Gasteiger partial charge in [-0.3, -0.25) is 4.57 Å². The summed E-state index contributed by atoms with van der Waals surface area (Å²) in [5.74, 6) is 2.34. The third-order valence-corrected chi connectivity index (χ3v) is 16.8. The topological polar surface area (TPSA) is 51.1 Å². The Kier molecular flexibility index (Phi) is 13.1. The molecule has 0 unspecified atom stereocenters. The molecular weight excluding hydrogens is 1010 g/mol. The smallest absolute Gasteiger partial charge is 0.137 e. The SMILES string of the molecule is CC(C)(C)c1cc(-c2cccc(-c3ccc4c(c3)-c3ccccc3C4(c3ccccc3)c3ccccc3)c2Nc2ccccc2Nc2cccc(Oc3ccc4c5ccccc5n(-c5cc(C(C)(C)C)ccn5)c4c3)c2)cc(C(C)(C)C)c1. The number of nitrogens with zero attached hydrogens (tertiary/aromatic N) is 2. The number of nitrogens with one attached hydrogen (secondary N) is 2. The fourth-order valence-corrected chi connectivity index (χ4v) is 12.5. The number of benzene rings is 10. The van der Waals surface area contributed by atoms with Crippen LogP contribution in [0.15, 0.2) is 249 Å². The average Bonchev–Trinajstić information content (AvgIpc) is 1.70. The lowest BCUT2D eigenvalue weighted by molar-refractivity contribution is 0.483. The van der Waals surface area contributed by atoms with E-state index in [1.54, 1.807) is 0 Å². The summed E-state index contributed by atoms with van der Waals surface area (Å²) in [6.07, 6.45) is 1.92. The van der Waals surface area contributed by atoms with Crippen LogP contribution in [0.5, 0.6) is 11.5 Å². The first-order chi connectivity index (χ1) is 40.0. The molecular formula is C78H70N4O. The van der Waals surface area contributed by atoms with E-state index in [0.717, 1.165) is 73.2 Å². The van der Waals surface area contributed by atoms with E-state index < -0.39 is 5.41 Å². The molecule has 5 heteroatoms. The zero-order valence-corrected chi connectivity index (χ0v) is 49.0. The number of para-hydroxylation sites is 4. The zero-order valence-electron chi connectivity index (χ0n) is 49.0. The maximum absolute atomic E-state index is 6.78. The number of aromatic nitrogens is 2. The van der Waals surface area contributed by atoms with Crippen LogP contribution in [0.3, 0.4) is 0 Å². The van der Waals surface area contributed by atoms with Gasteiger partial charge >= 0.3 is 0 Å². The van der Waals surface area contributed by atoms with Crippen molar-refractivity contribution in [2.24, 2.45) is 0 Å². The predicted molar refractivity (Wildman–Crippen MR) is 349 cm³/mol. The fourth-order valence-electron chi connectivity index (χ4n) is 12.5. The summed E-state index contributed by atoms with van der Waals surface area (Å²) in [6.45, 7) is 20.6. The van der Waals surface area contributed by atoms with E-state index in [9.17, 15) is 0 Å². The number of ether oxygens (including phenoxy) is 1. The Morgan fingerprint density at radius 2 is 0.952 bits per heavy atom. The van der Waals surface area contributed by atoms with Crippen molar-refractivity contribution in [1.82, 2.24) is 9.55 Å². The van der Waals surface area contributed by atoms with E-state index in [1.165, 1.54) is 61.0 Å². The second-order valence-corrected chi connectivity index (χ2v) is 25.4. The fraction of sp³-hybridized carbons (Fsp3) is 0.167. The highest BCUT2D eigenvalue weighted by molar-refractivity contribution is 6.09. The molecule has 0 saturated carbocycles. The maximum atomic E-state index is 6.78. The van der Waals surface area contributed by atoms with Crippen molar-refractivity contribution in [2.75, 3.05) is 10.6 Å². The number of rotatable bonds is 11. The first-order valence-electron chi connectivity index (χ1n) is 29.1. The van der Waals surface area contributed by atoms with Crippen molar-refractivity contribution in [3.05, 3.63) is 288 Å². The van der Waals surface area contributed by atoms with Crippen molar-refractivity contribution in [2.45, 2.75) is 84.0 Å². The summed E-state index contributed by atoms with van der Waals surface area (Å²) in [5.41, 5.74) is 21.2. The maximum Gasteiger partial charge on any atom is 0.137 e. The summed E-state index contributed by atoms with van der Waals surface area (Å²) in [4.78, 5) is 4.91. The molecule has 0 bridgehead atoms. The van der Waals surface area contributed by atoms with Crippen LogP contribution < -0.4 is 15.4 Å². The van der Waals surface area contributed by atoms with Gasteiger partial charge < -0.3 is 15.4 Å². The minimum atomic E-state index is -0.495. The second kappa shape index (κ2) is 20.5. The lowest BCUT2D eigenvalue weighted by Crippen LogP contribution is -2.28. The first kappa shape index (κ1) is 52.9. The molecule has 1 aliphatic carbocycles. The van der Waals surface area contributed by atoms with Gasteiger partial charge in [-0.05, 0) is 138 Å². The van der Waals surface area contributed by atoms with E-state index in [2.05, 4.69) is 308 Å². The summed E-state index contributed by atoms with van der Waals surface area (Å²) in [5, 5.41) is 10.2. The van der Waals surface area contributed by atoms with Crippen LogP contribution in [-0.4, -0.2) is 9.55 Å². The molecule has 1 aliphatic rings. The first-order valence-corrected chi connectivity index (χ1v) is 29.1. The van der Waals surface area contributed by atoms with Gasteiger partial charge in [0.1, 0.15) is 17.3 Å². The second-order valence-electron chi connectivity index (χ2n) is 25.4. The highest BCUT2D eigenvalue weighted by Crippen LogP contribution is 2.57. The van der Waals surface area contributed by atoms with Crippen molar-refractivity contribution >= 4 is 44.6 Å². The van der Waals surface area contributed by atoms with Gasteiger partial charge in [0.2, 0.25) is 0 Å². The quantitative estimate of drug-likeness (QED) is 0.136. The van der Waals surface area contributed by atoms with Crippen LogP contribution in [-0.2, 0) is 21.7 Å². The number of pyridine rings is 1. The zero-order chi connectivity index (χ0) is 57.3. The van der Waals surface area contributed by atoms with Gasteiger partial charge in [-0.25, -0.2) is 4.98 Å². The molecule has 5 nitrogen and oxygen atoms in total. The van der Waals surface area contributed by atoms with E-state index in [-0.39, 0.29) is 16.2 Å². The van der Waals surface area contributed by atoms with Gasteiger partial charge in [0.05, 0.1) is 33.5 Å². The average molecular weight is 1080 g/mol. The lowest BCUT2D eigenvalue weighted by Gasteiger charge is -2.34. The molecule has 83 heavy (non-hydrogen) atoms. The van der Waals surface area contributed by atoms with Crippen molar-refractivity contribution in [1.29, 1.82) is 0 Å². The number of fused-ring (bicyclic) bond motifs is 6. The molecule has 408 valence electrons. The minimum absolute atomic E-state index is 0.0270. The number of hydrogen-bond acceptors (Lipinski definition) is 4. The van der Waals surface area contributed by atoms with Gasteiger partial charge in [-0.1, -0.05) is 232 Å². The lowest BCUT2D eigenvalue weighted by atomic mass is 9.67. The Morgan fingerprint density at radius 1 is 0.386 bits per heavy atom. The third kappa shape index (κ3) is 9.64. The Morgan fingerprint density at radius 3 is 1.65 bits per heavy atom. The van der Waals surface area contributed by atoms with Crippen LogP contribution in [0.4, 0.5) is 22.7 Å².